The van der Waals surface area contributed by atoms with Crippen molar-refractivity contribution in [2.75, 3.05) is 11.9 Å². The Hall–Kier alpha value is -4.39. The van der Waals surface area contributed by atoms with Crippen LogP contribution < -0.4 is 5.32 Å². The second-order valence-corrected chi connectivity index (χ2v) is 8.08. The van der Waals surface area contributed by atoms with Crippen LogP contribution in [0.4, 0.5) is 10.1 Å². The van der Waals surface area contributed by atoms with E-state index in [2.05, 4.69) is 15.3 Å². The molecule has 35 heavy (non-hydrogen) atoms. The fourth-order valence-corrected chi connectivity index (χ4v) is 3.89. The molecule has 1 N–H and O–H groups in total. The van der Waals surface area contributed by atoms with Gasteiger partial charge in [0, 0.05) is 24.6 Å². The summed E-state index contributed by atoms with van der Waals surface area (Å²) in [5, 5.41) is 2.84. The van der Waals surface area contributed by atoms with Crippen molar-refractivity contribution in [3.8, 4) is 0 Å². The minimum atomic E-state index is -0.945. The van der Waals surface area contributed by atoms with Gasteiger partial charge in [0.25, 0.3) is 11.8 Å². The van der Waals surface area contributed by atoms with Crippen LogP contribution in [0.3, 0.4) is 0 Å². The van der Waals surface area contributed by atoms with Gasteiger partial charge in [0.05, 0.1) is 6.20 Å². The van der Waals surface area contributed by atoms with Crippen LogP contribution in [-0.2, 0) is 11.2 Å². The number of aromatic nitrogens is 2. The highest BCUT2D eigenvalue weighted by atomic mass is 19.1. The average molecular weight is 469 g/mol. The number of carbonyl (C=O) groups is 2. The molecule has 1 heterocycles. The molecule has 0 bridgehead atoms. The Labute approximate surface area is 203 Å². The Morgan fingerprint density at radius 3 is 2.34 bits per heavy atom. The van der Waals surface area contributed by atoms with Gasteiger partial charge in [0.15, 0.2) is 0 Å². The summed E-state index contributed by atoms with van der Waals surface area (Å²) < 4.78 is 13.4. The molecule has 1 atom stereocenters. The normalized spacial score (nSPS) is 11.5. The van der Waals surface area contributed by atoms with Gasteiger partial charge in [-0.1, -0.05) is 54.6 Å². The molecule has 0 radical (unpaired) electrons. The topological polar surface area (TPSA) is 75.2 Å². The average Bonchev–Trinajstić information content (AvgIpc) is 2.89. The summed E-state index contributed by atoms with van der Waals surface area (Å²) >= 11 is 0. The zero-order valence-corrected chi connectivity index (χ0v) is 19.3. The maximum absolute atomic E-state index is 13.7. The molecule has 0 aliphatic carbocycles. The summed E-state index contributed by atoms with van der Waals surface area (Å²) in [6.07, 6.45) is 4.87. The molecule has 0 spiro atoms. The van der Waals surface area contributed by atoms with Gasteiger partial charge in [-0.3, -0.25) is 14.6 Å². The number of anilines is 1. The van der Waals surface area contributed by atoms with E-state index in [1.807, 2.05) is 61.5 Å². The van der Waals surface area contributed by atoms with Crippen LogP contribution in [0.25, 0.3) is 0 Å². The van der Waals surface area contributed by atoms with Crippen LogP contribution in [0.15, 0.2) is 97.5 Å². The number of hydrogen-bond donors (Lipinski definition) is 1. The molecule has 2 amide bonds. The van der Waals surface area contributed by atoms with Crippen molar-refractivity contribution in [3.63, 3.8) is 0 Å². The number of hydrogen-bond acceptors (Lipinski definition) is 4. The Morgan fingerprint density at radius 2 is 1.66 bits per heavy atom. The molecule has 176 valence electrons. The number of benzene rings is 3. The zero-order valence-electron chi connectivity index (χ0n) is 19.3. The van der Waals surface area contributed by atoms with E-state index in [0.717, 1.165) is 11.1 Å². The van der Waals surface area contributed by atoms with Gasteiger partial charge in [0.2, 0.25) is 0 Å². The first-order valence-corrected chi connectivity index (χ1v) is 11.3. The van der Waals surface area contributed by atoms with Crippen LogP contribution >= 0.6 is 0 Å². The molecular weight excluding hydrogens is 443 g/mol. The third kappa shape index (κ3) is 5.95. The third-order valence-corrected chi connectivity index (χ3v) is 5.68. The molecule has 0 aliphatic rings. The lowest BCUT2D eigenvalue weighted by atomic mass is 9.98. The molecule has 4 aromatic rings. The molecule has 0 fully saturated rings. The van der Waals surface area contributed by atoms with Crippen LogP contribution in [0.2, 0.25) is 0 Å². The monoisotopic (exact) mass is 468 g/mol. The minimum absolute atomic E-state index is 0.147. The summed E-state index contributed by atoms with van der Waals surface area (Å²) in [4.78, 5) is 37.1. The van der Waals surface area contributed by atoms with Crippen molar-refractivity contribution in [1.29, 1.82) is 0 Å². The molecule has 6 nitrogen and oxygen atoms in total. The van der Waals surface area contributed by atoms with Crippen LogP contribution in [0.1, 0.15) is 33.2 Å². The molecular formula is C28H25FN4O2. The summed E-state index contributed by atoms with van der Waals surface area (Å²) in [6.45, 7) is 2.17. The van der Waals surface area contributed by atoms with Crippen molar-refractivity contribution < 1.29 is 14.0 Å². The van der Waals surface area contributed by atoms with Crippen molar-refractivity contribution in [2.24, 2.45) is 0 Å². The molecule has 4 rings (SSSR count). The first kappa shape index (κ1) is 23.8. The first-order valence-electron chi connectivity index (χ1n) is 11.3. The highest BCUT2D eigenvalue weighted by Gasteiger charge is 2.33. The molecule has 7 heteroatoms. The lowest BCUT2D eigenvalue weighted by Crippen LogP contribution is -2.43. The first-order chi connectivity index (χ1) is 17.0. The smallest absolute Gasteiger partial charge is 0.275 e. The van der Waals surface area contributed by atoms with E-state index >= 15 is 0 Å². The van der Waals surface area contributed by atoms with Crippen molar-refractivity contribution in [3.05, 3.63) is 126 Å². The lowest BCUT2D eigenvalue weighted by Gasteiger charge is -2.32. The SMILES string of the molecule is Cc1ccccc1C(C(=O)Nc1ccc(F)cc1)N(CCc1ccccc1)C(=O)c1cnccn1. The molecule has 0 saturated heterocycles. The number of rotatable bonds is 8. The largest absolute Gasteiger partial charge is 0.324 e. The van der Waals surface area contributed by atoms with Gasteiger partial charge in [-0.15, -0.1) is 0 Å². The lowest BCUT2D eigenvalue weighted by molar-refractivity contribution is -0.120. The van der Waals surface area contributed by atoms with E-state index in [1.54, 1.807) is 0 Å². The highest BCUT2D eigenvalue weighted by molar-refractivity contribution is 6.01. The standard InChI is InChI=1S/C28H25FN4O2/c1-20-7-5-6-10-24(20)26(27(34)32-23-13-11-22(29)12-14-23)33(18-15-21-8-3-2-4-9-21)28(35)25-19-30-16-17-31-25/h2-14,16-17,19,26H,15,18H2,1H3,(H,32,34). The number of aryl methyl sites for hydroxylation is 1. The number of nitrogens with zero attached hydrogens (tertiary/aromatic N) is 3. The van der Waals surface area contributed by atoms with Crippen LogP contribution in [-0.4, -0.2) is 33.2 Å². The minimum Gasteiger partial charge on any atom is -0.324 e. The van der Waals surface area contributed by atoms with E-state index in [9.17, 15) is 14.0 Å². The van der Waals surface area contributed by atoms with Gasteiger partial charge in [-0.05, 0) is 54.3 Å². The van der Waals surface area contributed by atoms with Gasteiger partial charge < -0.3 is 10.2 Å². The number of nitrogens with one attached hydrogen (secondary N) is 1. The molecule has 3 aromatic carbocycles. The van der Waals surface area contributed by atoms with E-state index in [1.165, 1.54) is 47.8 Å². The molecule has 0 aliphatic heterocycles. The summed E-state index contributed by atoms with van der Waals surface area (Å²) in [5.41, 5.74) is 3.17. The van der Waals surface area contributed by atoms with Crippen LogP contribution in [0.5, 0.6) is 0 Å². The zero-order chi connectivity index (χ0) is 24.6. The number of amides is 2. The Balaban J connectivity index is 1.74. The third-order valence-electron chi connectivity index (χ3n) is 5.68. The molecule has 1 unspecified atom stereocenters. The quantitative estimate of drug-likeness (QED) is 0.395. The summed E-state index contributed by atoms with van der Waals surface area (Å²) in [5.74, 6) is -1.21. The van der Waals surface area contributed by atoms with E-state index in [4.69, 9.17) is 0 Å². The predicted octanol–water partition coefficient (Wildman–Crippen LogP) is 4.99. The Bertz CT molecular complexity index is 1280. The van der Waals surface area contributed by atoms with E-state index in [-0.39, 0.29) is 12.2 Å². The Kier molecular flexibility index (Phi) is 7.57. The van der Waals surface area contributed by atoms with Crippen LogP contribution in [0, 0.1) is 12.7 Å². The second-order valence-electron chi connectivity index (χ2n) is 8.08. The summed E-state index contributed by atoms with van der Waals surface area (Å²) in [6, 6.07) is 21.8. The van der Waals surface area contributed by atoms with Crippen molar-refractivity contribution in [1.82, 2.24) is 14.9 Å². The second kappa shape index (κ2) is 11.2. The van der Waals surface area contributed by atoms with Gasteiger partial charge >= 0.3 is 0 Å². The predicted molar refractivity (Wildman–Crippen MR) is 132 cm³/mol. The van der Waals surface area contributed by atoms with E-state index < -0.39 is 23.7 Å². The molecule has 0 saturated carbocycles. The summed E-state index contributed by atoms with van der Waals surface area (Å²) in [7, 11) is 0. The van der Waals surface area contributed by atoms with Crippen molar-refractivity contribution >= 4 is 17.5 Å². The Morgan fingerprint density at radius 1 is 0.943 bits per heavy atom. The number of halogens is 1. The maximum atomic E-state index is 13.7. The maximum Gasteiger partial charge on any atom is 0.275 e. The van der Waals surface area contributed by atoms with Gasteiger partial charge in [-0.2, -0.15) is 0 Å². The fraction of sp³-hybridized carbons (Fsp3) is 0.143. The van der Waals surface area contributed by atoms with Crippen molar-refractivity contribution in [2.45, 2.75) is 19.4 Å². The van der Waals surface area contributed by atoms with Gasteiger partial charge in [0.1, 0.15) is 17.6 Å². The fourth-order valence-electron chi connectivity index (χ4n) is 3.89. The van der Waals surface area contributed by atoms with E-state index in [0.29, 0.717) is 17.7 Å². The molecule has 1 aromatic heterocycles. The highest BCUT2D eigenvalue weighted by Crippen LogP contribution is 2.28. The number of carbonyl (C=O) groups excluding carboxylic acids is 2. The van der Waals surface area contributed by atoms with Gasteiger partial charge in [-0.25, -0.2) is 9.37 Å².